The summed E-state index contributed by atoms with van der Waals surface area (Å²) in [4.78, 5) is 14.9. The molecule has 0 radical (unpaired) electrons. The van der Waals surface area contributed by atoms with Crippen LogP contribution in [0, 0.1) is 17.8 Å². The Morgan fingerprint density at radius 3 is 2.50 bits per heavy atom. The van der Waals surface area contributed by atoms with Crippen molar-refractivity contribution in [3.05, 3.63) is 77.7 Å². The molecule has 0 bridgehead atoms. The van der Waals surface area contributed by atoms with Crippen molar-refractivity contribution >= 4 is 17.3 Å². The number of nitrogens with zero attached hydrogens (tertiary/aromatic N) is 1. The smallest absolute Gasteiger partial charge is 0.291 e. The second-order valence-corrected chi connectivity index (χ2v) is 7.48. The van der Waals surface area contributed by atoms with Gasteiger partial charge in [0, 0.05) is 30.0 Å². The largest absolute Gasteiger partial charge is 0.497 e. The summed E-state index contributed by atoms with van der Waals surface area (Å²) in [5.74, 6) is 7.83. The van der Waals surface area contributed by atoms with Gasteiger partial charge in [-0.05, 0) is 78.9 Å². The molecule has 152 valence electrons. The quantitative estimate of drug-likeness (QED) is 0.640. The van der Waals surface area contributed by atoms with Crippen molar-refractivity contribution in [2.45, 2.75) is 13.3 Å². The summed E-state index contributed by atoms with van der Waals surface area (Å²) >= 11 is 0. The zero-order valence-electron chi connectivity index (χ0n) is 17.1. The molecule has 2 heterocycles. The molecule has 1 aliphatic rings. The average molecular weight is 400 g/mol. The molecule has 1 saturated heterocycles. The number of hydrogen-bond donors (Lipinski definition) is 1. The van der Waals surface area contributed by atoms with Gasteiger partial charge in [-0.1, -0.05) is 12.8 Å². The maximum absolute atomic E-state index is 12.5. The Bertz CT molecular complexity index is 1070. The summed E-state index contributed by atoms with van der Waals surface area (Å²) in [6.45, 7) is 4.44. The molecule has 5 heteroatoms. The first-order valence-electron chi connectivity index (χ1n) is 10.0. The molecular formula is C25H24N2O3. The molecule has 1 fully saturated rings. The maximum Gasteiger partial charge on any atom is 0.291 e. The Morgan fingerprint density at radius 1 is 1.07 bits per heavy atom. The van der Waals surface area contributed by atoms with E-state index in [-0.39, 0.29) is 11.7 Å². The lowest BCUT2D eigenvalue weighted by Gasteiger charge is -2.18. The lowest BCUT2D eigenvalue weighted by atomic mass is 10.2. The topological polar surface area (TPSA) is 54.7 Å². The Labute approximate surface area is 176 Å². The fraction of sp³-hybridized carbons (Fsp3) is 0.240. The molecule has 1 unspecified atom stereocenters. The number of benzene rings is 2. The molecule has 5 nitrogen and oxygen atoms in total. The van der Waals surface area contributed by atoms with Crippen LogP contribution in [0.1, 0.15) is 35.2 Å². The van der Waals surface area contributed by atoms with Gasteiger partial charge in [-0.3, -0.25) is 4.79 Å². The van der Waals surface area contributed by atoms with E-state index in [9.17, 15) is 4.79 Å². The molecule has 0 aliphatic carbocycles. The standard InChI is InChI=1S/C25H24N2O3/c1-18-15-16-27(17-18)21-8-6-20(7-9-21)26-25(28)24-14-13-23(30-24)12-5-19-3-10-22(29-2)11-4-19/h3-4,6-11,13-14,18H,15-17H2,1-2H3,(H,26,28). The van der Waals surface area contributed by atoms with Crippen molar-refractivity contribution in [3.8, 4) is 17.6 Å². The second kappa shape index (κ2) is 8.79. The molecule has 1 amide bonds. The van der Waals surface area contributed by atoms with E-state index < -0.39 is 0 Å². The highest BCUT2D eigenvalue weighted by Gasteiger charge is 2.19. The third-order valence-electron chi connectivity index (χ3n) is 5.16. The Hall–Kier alpha value is -3.65. The minimum Gasteiger partial charge on any atom is -0.497 e. The molecular weight excluding hydrogens is 376 g/mol. The van der Waals surface area contributed by atoms with Crippen LogP contribution in [0.5, 0.6) is 5.75 Å². The van der Waals surface area contributed by atoms with Crippen LogP contribution in [0.3, 0.4) is 0 Å². The number of amides is 1. The van der Waals surface area contributed by atoms with Gasteiger partial charge in [0.05, 0.1) is 7.11 Å². The van der Waals surface area contributed by atoms with E-state index in [0.717, 1.165) is 36.0 Å². The summed E-state index contributed by atoms with van der Waals surface area (Å²) in [6, 6.07) is 18.7. The zero-order valence-corrected chi connectivity index (χ0v) is 17.1. The number of carbonyl (C=O) groups excluding carboxylic acids is 1. The van der Waals surface area contributed by atoms with E-state index in [1.807, 2.05) is 48.5 Å². The Balaban J connectivity index is 1.37. The molecule has 1 aliphatic heterocycles. The zero-order chi connectivity index (χ0) is 20.9. The van der Waals surface area contributed by atoms with Gasteiger partial charge in [0.1, 0.15) is 5.75 Å². The number of nitrogens with one attached hydrogen (secondary N) is 1. The molecule has 0 saturated carbocycles. The molecule has 4 rings (SSSR count). The van der Waals surface area contributed by atoms with E-state index in [1.165, 1.54) is 12.1 Å². The Morgan fingerprint density at radius 2 is 1.83 bits per heavy atom. The number of rotatable bonds is 4. The van der Waals surface area contributed by atoms with E-state index in [0.29, 0.717) is 5.76 Å². The molecule has 0 spiro atoms. The highest BCUT2D eigenvalue weighted by atomic mass is 16.5. The van der Waals surface area contributed by atoms with Gasteiger partial charge in [-0.25, -0.2) is 0 Å². The first-order chi connectivity index (χ1) is 14.6. The highest BCUT2D eigenvalue weighted by Crippen LogP contribution is 2.25. The van der Waals surface area contributed by atoms with Crippen molar-refractivity contribution in [1.29, 1.82) is 0 Å². The molecule has 2 aromatic carbocycles. The highest BCUT2D eigenvalue weighted by molar-refractivity contribution is 6.02. The number of methoxy groups -OCH3 is 1. The molecule has 3 aromatic rings. The second-order valence-electron chi connectivity index (χ2n) is 7.48. The third kappa shape index (κ3) is 4.66. The summed E-state index contributed by atoms with van der Waals surface area (Å²) in [7, 11) is 1.62. The van der Waals surface area contributed by atoms with Crippen LogP contribution >= 0.6 is 0 Å². The van der Waals surface area contributed by atoms with Gasteiger partial charge in [-0.15, -0.1) is 0 Å². The van der Waals surface area contributed by atoms with Crippen LogP contribution in [-0.4, -0.2) is 26.1 Å². The number of ether oxygens (including phenoxy) is 1. The normalized spacial score (nSPS) is 15.4. The van der Waals surface area contributed by atoms with Crippen LogP contribution in [0.2, 0.25) is 0 Å². The summed E-state index contributed by atoms with van der Waals surface area (Å²) in [6.07, 6.45) is 1.22. The molecule has 30 heavy (non-hydrogen) atoms. The van der Waals surface area contributed by atoms with E-state index in [1.54, 1.807) is 19.2 Å². The van der Waals surface area contributed by atoms with Crippen molar-refractivity contribution in [3.63, 3.8) is 0 Å². The van der Waals surface area contributed by atoms with E-state index in [4.69, 9.17) is 9.15 Å². The predicted molar refractivity (Wildman–Crippen MR) is 118 cm³/mol. The first kappa shape index (κ1) is 19.7. The van der Waals surface area contributed by atoms with Crippen LogP contribution in [0.4, 0.5) is 11.4 Å². The van der Waals surface area contributed by atoms with Gasteiger partial charge in [0.15, 0.2) is 11.5 Å². The van der Waals surface area contributed by atoms with Crippen molar-refractivity contribution < 1.29 is 13.9 Å². The maximum atomic E-state index is 12.5. The van der Waals surface area contributed by atoms with Gasteiger partial charge < -0.3 is 19.4 Å². The Kier molecular flexibility index (Phi) is 5.76. The first-order valence-corrected chi connectivity index (χ1v) is 10.0. The molecule has 1 N–H and O–H groups in total. The average Bonchev–Trinajstić information content (AvgIpc) is 3.42. The minimum atomic E-state index is -0.296. The fourth-order valence-corrected chi connectivity index (χ4v) is 3.45. The van der Waals surface area contributed by atoms with E-state index in [2.05, 4.69) is 29.0 Å². The third-order valence-corrected chi connectivity index (χ3v) is 5.16. The van der Waals surface area contributed by atoms with E-state index >= 15 is 0 Å². The predicted octanol–water partition coefficient (Wildman–Crippen LogP) is 4.79. The lowest BCUT2D eigenvalue weighted by Crippen LogP contribution is -2.19. The molecule has 1 atom stereocenters. The molecule has 1 aromatic heterocycles. The minimum absolute atomic E-state index is 0.228. The number of anilines is 2. The van der Waals surface area contributed by atoms with Gasteiger partial charge in [0.25, 0.3) is 5.91 Å². The van der Waals surface area contributed by atoms with Crippen molar-refractivity contribution in [2.75, 3.05) is 30.4 Å². The van der Waals surface area contributed by atoms with Gasteiger partial charge >= 0.3 is 0 Å². The number of carbonyl (C=O) groups is 1. The summed E-state index contributed by atoms with van der Waals surface area (Å²) < 4.78 is 10.7. The van der Waals surface area contributed by atoms with Gasteiger partial charge in [0.2, 0.25) is 0 Å². The van der Waals surface area contributed by atoms with Crippen LogP contribution in [0.25, 0.3) is 0 Å². The van der Waals surface area contributed by atoms with Crippen molar-refractivity contribution in [2.24, 2.45) is 5.92 Å². The van der Waals surface area contributed by atoms with Gasteiger partial charge in [-0.2, -0.15) is 0 Å². The monoisotopic (exact) mass is 400 g/mol. The van der Waals surface area contributed by atoms with Crippen LogP contribution in [-0.2, 0) is 0 Å². The lowest BCUT2D eigenvalue weighted by molar-refractivity contribution is 0.0996. The SMILES string of the molecule is COc1ccc(C#Cc2ccc(C(=O)Nc3ccc(N4CCC(C)C4)cc3)o2)cc1. The number of hydrogen-bond acceptors (Lipinski definition) is 4. The van der Waals surface area contributed by atoms with Crippen LogP contribution in [0.15, 0.2) is 65.1 Å². The summed E-state index contributed by atoms with van der Waals surface area (Å²) in [5.41, 5.74) is 2.76. The fourth-order valence-electron chi connectivity index (χ4n) is 3.45. The number of furan rings is 1. The van der Waals surface area contributed by atoms with Crippen molar-refractivity contribution in [1.82, 2.24) is 0 Å². The summed E-state index contributed by atoms with van der Waals surface area (Å²) in [5, 5.41) is 2.87. The van der Waals surface area contributed by atoms with Crippen LogP contribution < -0.4 is 15.0 Å².